The number of rotatable bonds is 11. The van der Waals surface area contributed by atoms with Crippen LogP contribution >= 0.6 is 23.1 Å². The standard InChI is InChI=1S/C45H35FN4O3S2/c46-38-22-11-10-19-33(38)25-39(49-42(51)31-17-8-3-9-18-31)43(52)48-34-20-12-21-35(27-34)54-41(30-15-6-2-7-16-30)44(53)50-45-37(28-47)36-24-23-32(26-40(36)55-45)29-13-4-1-5-14-29/h1-22,25,27,32,41H,23-24,26H2,(H,48,52)(H,49,51)(H,50,53)/b39-25-. The molecular weight excluding hydrogens is 728 g/mol. The lowest BCUT2D eigenvalue weighted by atomic mass is 9.83. The highest BCUT2D eigenvalue weighted by Crippen LogP contribution is 2.44. The Balaban J connectivity index is 1.11. The van der Waals surface area contributed by atoms with Crippen LogP contribution in [0.4, 0.5) is 15.1 Å². The SMILES string of the molecule is N#Cc1c(NC(=O)C(Sc2cccc(NC(=O)/C(=C/c3ccccc3F)NC(=O)c3ccccc3)c2)c2ccccc2)sc2c1CCC(c1ccccc1)C2. The zero-order valence-corrected chi connectivity index (χ0v) is 31.1. The highest BCUT2D eigenvalue weighted by Gasteiger charge is 2.29. The van der Waals surface area contributed by atoms with E-state index < -0.39 is 22.9 Å². The number of anilines is 2. The van der Waals surface area contributed by atoms with Crippen LogP contribution in [0.15, 0.2) is 150 Å². The maximum atomic E-state index is 14.7. The molecule has 1 aliphatic carbocycles. The van der Waals surface area contributed by atoms with Gasteiger partial charge in [-0.15, -0.1) is 23.1 Å². The van der Waals surface area contributed by atoms with Crippen molar-refractivity contribution in [3.05, 3.63) is 189 Å². The van der Waals surface area contributed by atoms with Crippen molar-refractivity contribution in [2.45, 2.75) is 35.3 Å². The van der Waals surface area contributed by atoms with Gasteiger partial charge in [0.1, 0.15) is 27.8 Å². The Hall–Kier alpha value is -6.28. The Bertz CT molecular complexity index is 2410. The van der Waals surface area contributed by atoms with Crippen molar-refractivity contribution in [3.63, 3.8) is 0 Å². The zero-order chi connectivity index (χ0) is 38.1. The predicted molar refractivity (Wildman–Crippen MR) is 217 cm³/mol. The molecule has 2 atom stereocenters. The molecule has 1 aromatic heterocycles. The molecule has 7 nitrogen and oxygen atoms in total. The van der Waals surface area contributed by atoms with Gasteiger partial charge in [0.2, 0.25) is 5.91 Å². The number of carbonyl (C=O) groups is 3. The van der Waals surface area contributed by atoms with Crippen LogP contribution in [0.2, 0.25) is 0 Å². The van der Waals surface area contributed by atoms with Gasteiger partial charge in [0.15, 0.2) is 0 Å². The average Bonchev–Trinajstić information content (AvgIpc) is 3.57. The fourth-order valence-electron chi connectivity index (χ4n) is 6.55. The van der Waals surface area contributed by atoms with Gasteiger partial charge in [-0.2, -0.15) is 5.26 Å². The number of hydrogen-bond donors (Lipinski definition) is 3. The van der Waals surface area contributed by atoms with Crippen molar-refractivity contribution < 1.29 is 18.8 Å². The molecular formula is C45H35FN4O3S2. The summed E-state index contributed by atoms with van der Waals surface area (Å²) in [6.45, 7) is 0. The van der Waals surface area contributed by atoms with E-state index in [1.165, 1.54) is 46.9 Å². The molecule has 3 amide bonds. The molecule has 0 aliphatic heterocycles. The van der Waals surface area contributed by atoms with E-state index in [0.717, 1.165) is 35.3 Å². The summed E-state index contributed by atoms with van der Waals surface area (Å²) in [7, 11) is 0. The summed E-state index contributed by atoms with van der Waals surface area (Å²) in [6, 6.07) is 43.5. The van der Waals surface area contributed by atoms with E-state index in [4.69, 9.17) is 0 Å². The highest BCUT2D eigenvalue weighted by molar-refractivity contribution is 8.00. The van der Waals surface area contributed by atoms with Gasteiger partial charge in [-0.3, -0.25) is 14.4 Å². The first-order valence-corrected chi connectivity index (χ1v) is 19.4. The van der Waals surface area contributed by atoms with E-state index in [1.54, 1.807) is 60.7 Å². The van der Waals surface area contributed by atoms with Crippen molar-refractivity contribution in [2.24, 2.45) is 0 Å². The number of hydrogen-bond acceptors (Lipinski definition) is 6. The average molecular weight is 763 g/mol. The molecule has 0 saturated heterocycles. The normalized spacial score (nSPS) is 14.2. The Morgan fingerprint density at radius 1 is 0.836 bits per heavy atom. The summed E-state index contributed by atoms with van der Waals surface area (Å²) < 4.78 is 14.7. The first-order chi connectivity index (χ1) is 26.9. The van der Waals surface area contributed by atoms with Gasteiger partial charge in [0, 0.05) is 26.6 Å². The minimum atomic E-state index is -0.698. The van der Waals surface area contributed by atoms with Crippen LogP contribution in [-0.2, 0) is 22.4 Å². The first kappa shape index (κ1) is 37.1. The van der Waals surface area contributed by atoms with E-state index in [0.29, 0.717) is 32.6 Å². The summed E-state index contributed by atoms with van der Waals surface area (Å²) in [5.74, 6) is -1.66. The molecule has 3 N–H and O–H groups in total. The topological polar surface area (TPSA) is 111 Å². The fraction of sp³-hybridized carbons (Fsp3) is 0.111. The molecule has 55 heavy (non-hydrogen) atoms. The molecule has 10 heteroatoms. The van der Waals surface area contributed by atoms with Crippen LogP contribution in [-0.4, -0.2) is 17.7 Å². The van der Waals surface area contributed by atoms with Gasteiger partial charge in [-0.1, -0.05) is 103 Å². The van der Waals surface area contributed by atoms with Gasteiger partial charge in [0.05, 0.1) is 5.56 Å². The molecule has 1 aliphatic rings. The van der Waals surface area contributed by atoms with Crippen molar-refractivity contribution in [1.29, 1.82) is 5.26 Å². The zero-order valence-electron chi connectivity index (χ0n) is 29.5. The molecule has 0 radical (unpaired) electrons. The molecule has 0 fully saturated rings. The summed E-state index contributed by atoms with van der Waals surface area (Å²) in [4.78, 5) is 42.8. The second-order valence-electron chi connectivity index (χ2n) is 12.9. The number of thiophene rings is 1. The van der Waals surface area contributed by atoms with E-state index >= 15 is 0 Å². The van der Waals surface area contributed by atoms with Gasteiger partial charge in [-0.05, 0) is 84.3 Å². The largest absolute Gasteiger partial charge is 0.321 e. The van der Waals surface area contributed by atoms with E-state index in [-0.39, 0.29) is 17.2 Å². The Kier molecular flexibility index (Phi) is 11.6. The number of nitrogens with zero attached hydrogens (tertiary/aromatic N) is 1. The summed E-state index contributed by atoms with van der Waals surface area (Å²) in [5.41, 5.74) is 4.30. The number of halogens is 1. The third-order valence-corrected chi connectivity index (χ3v) is 11.7. The molecule has 0 spiro atoms. The molecule has 5 aromatic carbocycles. The second-order valence-corrected chi connectivity index (χ2v) is 15.2. The van der Waals surface area contributed by atoms with Crippen molar-refractivity contribution in [1.82, 2.24) is 5.32 Å². The quantitative estimate of drug-likeness (QED) is 0.0899. The highest BCUT2D eigenvalue weighted by atomic mass is 32.2. The smallest absolute Gasteiger partial charge is 0.272 e. The van der Waals surface area contributed by atoms with Crippen LogP contribution in [0, 0.1) is 17.1 Å². The lowest BCUT2D eigenvalue weighted by Crippen LogP contribution is -2.30. The first-order valence-electron chi connectivity index (χ1n) is 17.7. The van der Waals surface area contributed by atoms with E-state index in [1.807, 2.05) is 54.6 Å². The van der Waals surface area contributed by atoms with Crippen molar-refractivity contribution >= 4 is 57.6 Å². The monoisotopic (exact) mass is 762 g/mol. The Morgan fingerprint density at radius 3 is 2.25 bits per heavy atom. The molecule has 6 aromatic rings. The summed E-state index contributed by atoms with van der Waals surface area (Å²) in [6.07, 6.45) is 3.81. The minimum absolute atomic E-state index is 0.129. The van der Waals surface area contributed by atoms with Gasteiger partial charge >= 0.3 is 0 Å². The van der Waals surface area contributed by atoms with Crippen LogP contribution in [0.1, 0.15) is 60.6 Å². The third-order valence-electron chi connectivity index (χ3n) is 9.30. The van der Waals surface area contributed by atoms with Crippen LogP contribution in [0.5, 0.6) is 0 Å². The number of thioether (sulfide) groups is 1. The van der Waals surface area contributed by atoms with Crippen LogP contribution in [0.25, 0.3) is 6.08 Å². The number of amides is 3. The Morgan fingerprint density at radius 2 is 1.53 bits per heavy atom. The van der Waals surface area contributed by atoms with Crippen LogP contribution in [0.3, 0.4) is 0 Å². The van der Waals surface area contributed by atoms with E-state index in [2.05, 4.69) is 34.2 Å². The molecule has 7 rings (SSSR count). The van der Waals surface area contributed by atoms with Crippen molar-refractivity contribution in [2.75, 3.05) is 10.6 Å². The van der Waals surface area contributed by atoms with Gasteiger partial charge in [-0.25, -0.2) is 4.39 Å². The lowest BCUT2D eigenvalue weighted by Gasteiger charge is -2.22. The summed E-state index contributed by atoms with van der Waals surface area (Å²) >= 11 is 2.78. The third kappa shape index (κ3) is 8.92. The minimum Gasteiger partial charge on any atom is -0.321 e. The molecule has 272 valence electrons. The van der Waals surface area contributed by atoms with E-state index in [9.17, 15) is 24.0 Å². The molecule has 2 unspecified atom stereocenters. The van der Waals surface area contributed by atoms with Crippen LogP contribution < -0.4 is 16.0 Å². The predicted octanol–water partition coefficient (Wildman–Crippen LogP) is 9.91. The number of nitrogens with one attached hydrogen (secondary N) is 3. The van der Waals surface area contributed by atoms with Gasteiger partial charge < -0.3 is 16.0 Å². The maximum absolute atomic E-state index is 14.7. The van der Waals surface area contributed by atoms with Gasteiger partial charge in [0.25, 0.3) is 11.8 Å². The summed E-state index contributed by atoms with van der Waals surface area (Å²) in [5, 5.41) is 18.6. The number of nitriles is 1. The molecule has 0 saturated carbocycles. The Labute approximate surface area is 326 Å². The molecule has 1 heterocycles. The molecule has 0 bridgehead atoms. The maximum Gasteiger partial charge on any atom is 0.272 e. The second kappa shape index (κ2) is 17.2. The number of benzene rings is 5. The fourth-order valence-corrected chi connectivity index (χ4v) is 8.92. The number of carbonyl (C=O) groups excluding carboxylic acids is 3. The van der Waals surface area contributed by atoms with Crippen molar-refractivity contribution in [3.8, 4) is 6.07 Å². The number of fused-ring (bicyclic) bond motifs is 1. The lowest BCUT2D eigenvalue weighted by molar-refractivity contribution is -0.116.